The largest absolute Gasteiger partial charge is 0.465 e. The number of rotatable bonds is 5. The van der Waals surface area contributed by atoms with Crippen LogP contribution in [0.2, 0.25) is 0 Å². The van der Waals surface area contributed by atoms with Gasteiger partial charge < -0.3 is 4.74 Å². The highest BCUT2D eigenvalue weighted by molar-refractivity contribution is 7.84. The molecule has 1 unspecified atom stereocenters. The molecular formula is C11H23NO3S. The molecule has 0 heterocycles. The molecule has 0 radical (unpaired) electrons. The van der Waals surface area contributed by atoms with E-state index in [2.05, 4.69) is 4.72 Å². The van der Waals surface area contributed by atoms with Crippen LogP contribution in [0.5, 0.6) is 0 Å². The molecular weight excluding hydrogens is 226 g/mol. The van der Waals surface area contributed by atoms with E-state index in [9.17, 15) is 9.00 Å². The summed E-state index contributed by atoms with van der Waals surface area (Å²) in [5.74, 6) is -0.291. The van der Waals surface area contributed by atoms with Crippen LogP contribution in [-0.4, -0.2) is 27.6 Å². The van der Waals surface area contributed by atoms with Crippen molar-refractivity contribution in [1.82, 2.24) is 4.72 Å². The maximum atomic E-state index is 11.9. The minimum absolute atomic E-state index is 0.0466. The molecule has 0 aliphatic rings. The summed E-state index contributed by atoms with van der Waals surface area (Å²) in [6.45, 7) is 11.5. The predicted octanol–water partition coefficient (Wildman–Crippen LogP) is 1.63. The van der Waals surface area contributed by atoms with Crippen molar-refractivity contribution in [2.45, 2.75) is 52.3 Å². The molecule has 0 saturated carbocycles. The normalized spacial score (nSPS) is 15.9. The maximum absolute atomic E-state index is 11.9. The number of ether oxygens (including phenoxy) is 1. The zero-order chi connectivity index (χ0) is 12.9. The first-order chi connectivity index (χ1) is 7.20. The zero-order valence-corrected chi connectivity index (χ0v) is 11.8. The molecule has 4 nitrogen and oxygen atoms in total. The number of hydrogen-bond acceptors (Lipinski definition) is 3. The standard InChI is InChI=1S/C11H23NO3S/c1-7-15-10(13)9(8(2)3)12-16(14)11(4,5)6/h8-9,12H,7H2,1-6H3/t9-,16?/m1/s1. The Morgan fingerprint density at radius 1 is 1.38 bits per heavy atom. The molecule has 0 fully saturated rings. The summed E-state index contributed by atoms with van der Waals surface area (Å²) in [6, 6.07) is -0.514. The second-order valence-electron chi connectivity index (χ2n) is 4.97. The van der Waals surface area contributed by atoms with Crippen LogP contribution in [0.25, 0.3) is 0 Å². The van der Waals surface area contributed by atoms with Gasteiger partial charge in [0.1, 0.15) is 6.04 Å². The van der Waals surface area contributed by atoms with Crippen LogP contribution in [0.1, 0.15) is 41.5 Å². The summed E-state index contributed by atoms with van der Waals surface area (Å²) < 4.78 is 19.3. The highest BCUT2D eigenvalue weighted by Crippen LogP contribution is 2.12. The molecule has 0 aliphatic carbocycles. The summed E-state index contributed by atoms with van der Waals surface area (Å²) in [6.07, 6.45) is 0. The van der Waals surface area contributed by atoms with Crippen molar-refractivity contribution in [2.24, 2.45) is 5.92 Å². The van der Waals surface area contributed by atoms with Crippen molar-refractivity contribution in [3.63, 3.8) is 0 Å². The average molecular weight is 249 g/mol. The van der Waals surface area contributed by atoms with Crippen molar-refractivity contribution in [2.75, 3.05) is 6.61 Å². The lowest BCUT2D eigenvalue weighted by molar-refractivity contribution is -0.146. The van der Waals surface area contributed by atoms with Crippen LogP contribution in [-0.2, 0) is 20.5 Å². The van der Waals surface area contributed by atoms with Gasteiger partial charge in [-0.2, -0.15) is 0 Å². The van der Waals surface area contributed by atoms with Crippen LogP contribution in [0, 0.1) is 5.92 Å². The Kier molecular flexibility index (Phi) is 6.18. The van der Waals surface area contributed by atoms with Crippen molar-refractivity contribution < 1.29 is 13.7 Å². The second-order valence-corrected chi connectivity index (χ2v) is 6.97. The summed E-state index contributed by atoms with van der Waals surface area (Å²) >= 11 is 0. The number of carbonyl (C=O) groups is 1. The molecule has 96 valence electrons. The molecule has 1 N–H and O–H groups in total. The van der Waals surface area contributed by atoms with Gasteiger partial charge in [-0.05, 0) is 33.6 Å². The van der Waals surface area contributed by atoms with Gasteiger partial charge in [-0.25, -0.2) is 8.93 Å². The Morgan fingerprint density at radius 2 is 1.88 bits per heavy atom. The lowest BCUT2D eigenvalue weighted by Crippen LogP contribution is -2.47. The first kappa shape index (κ1) is 15.6. The summed E-state index contributed by atoms with van der Waals surface area (Å²) in [5, 5.41) is 0. The molecule has 16 heavy (non-hydrogen) atoms. The minimum atomic E-state index is -1.26. The number of nitrogens with one attached hydrogen (secondary N) is 1. The number of carbonyl (C=O) groups excluding carboxylic acids is 1. The van der Waals surface area contributed by atoms with E-state index in [0.717, 1.165) is 0 Å². The van der Waals surface area contributed by atoms with Gasteiger partial charge in [-0.15, -0.1) is 0 Å². The summed E-state index contributed by atoms with van der Waals surface area (Å²) in [7, 11) is -1.26. The van der Waals surface area contributed by atoms with Crippen molar-refractivity contribution >= 4 is 17.0 Å². The Labute approximate surface area is 101 Å². The molecule has 0 aliphatic heterocycles. The molecule has 5 heteroatoms. The van der Waals surface area contributed by atoms with Gasteiger partial charge in [0.2, 0.25) is 0 Å². The third-order valence-corrected chi connectivity index (χ3v) is 3.58. The topological polar surface area (TPSA) is 55.4 Å². The first-order valence-corrected chi connectivity index (χ1v) is 6.69. The van der Waals surface area contributed by atoms with E-state index in [1.807, 2.05) is 34.6 Å². The summed E-state index contributed by atoms with van der Waals surface area (Å²) in [4.78, 5) is 11.6. The van der Waals surface area contributed by atoms with E-state index in [-0.39, 0.29) is 16.6 Å². The van der Waals surface area contributed by atoms with Crippen LogP contribution < -0.4 is 4.72 Å². The average Bonchev–Trinajstić information content (AvgIpc) is 2.11. The van der Waals surface area contributed by atoms with E-state index < -0.39 is 17.0 Å². The third-order valence-electron chi connectivity index (χ3n) is 2.00. The van der Waals surface area contributed by atoms with Gasteiger partial charge in [0.25, 0.3) is 0 Å². The minimum Gasteiger partial charge on any atom is -0.465 e. The summed E-state index contributed by atoms with van der Waals surface area (Å²) in [5.41, 5.74) is 0. The van der Waals surface area contributed by atoms with Crippen molar-refractivity contribution in [1.29, 1.82) is 0 Å². The van der Waals surface area contributed by atoms with Gasteiger partial charge in [0.05, 0.1) is 22.3 Å². The second kappa shape index (κ2) is 6.35. The Hall–Kier alpha value is -0.420. The smallest absolute Gasteiger partial charge is 0.324 e. The fraction of sp³-hybridized carbons (Fsp3) is 0.909. The highest BCUT2D eigenvalue weighted by atomic mass is 32.2. The Balaban J connectivity index is 4.59. The highest BCUT2D eigenvalue weighted by Gasteiger charge is 2.29. The Morgan fingerprint density at radius 3 is 2.19 bits per heavy atom. The van der Waals surface area contributed by atoms with Crippen LogP contribution in [0.15, 0.2) is 0 Å². The van der Waals surface area contributed by atoms with Gasteiger partial charge in [-0.1, -0.05) is 13.8 Å². The van der Waals surface area contributed by atoms with Crippen molar-refractivity contribution in [3.8, 4) is 0 Å². The lowest BCUT2D eigenvalue weighted by Gasteiger charge is -2.25. The van der Waals surface area contributed by atoms with Crippen LogP contribution >= 0.6 is 0 Å². The van der Waals surface area contributed by atoms with E-state index in [1.165, 1.54) is 0 Å². The fourth-order valence-electron chi connectivity index (χ4n) is 0.980. The fourth-order valence-corrected chi connectivity index (χ4v) is 1.93. The molecule has 0 rings (SSSR count). The molecule has 0 saturated heterocycles. The van der Waals surface area contributed by atoms with Gasteiger partial charge in [-0.3, -0.25) is 4.79 Å². The molecule has 0 amide bonds. The molecule has 0 aromatic heterocycles. The van der Waals surface area contributed by atoms with E-state index in [1.54, 1.807) is 6.92 Å². The predicted molar refractivity (Wildman–Crippen MR) is 66.3 cm³/mol. The maximum Gasteiger partial charge on any atom is 0.324 e. The van der Waals surface area contributed by atoms with E-state index >= 15 is 0 Å². The number of esters is 1. The molecule has 0 aromatic carbocycles. The SMILES string of the molecule is CCOC(=O)[C@H](NS(=O)C(C)(C)C)C(C)C. The molecule has 2 atom stereocenters. The molecule has 0 aromatic rings. The molecule has 0 spiro atoms. The monoisotopic (exact) mass is 249 g/mol. The van der Waals surface area contributed by atoms with Crippen LogP contribution in [0.4, 0.5) is 0 Å². The van der Waals surface area contributed by atoms with Gasteiger partial charge in [0.15, 0.2) is 0 Å². The zero-order valence-electron chi connectivity index (χ0n) is 11.0. The number of hydrogen-bond donors (Lipinski definition) is 1. The van der Waals surface area contributed by atoms with E-state index in [0.29, 0.717) is 6.61 Å². The van der Waals surface area contributed by atoms with Crippen molar-refractivity contribution in [3.05, 3.63) is 0 Å². The quantitative estimate of drug-likeness (QED) is 0.753. The van der Waals surface area contributed by atoms with Gasteiger partial charge in [0, 0.05) is 0 Å². The first-order valence-electron chi connectivity index (χ1n) is 5.54. The van der Waals surface area contributed by atoms with Gasteiger partial charge >= 0.3 is 5.97 Å². The van der Waals surface area contributed by atoms with E-state index in [4.69, 9.17) is 4.74 Å². The van der Waals surface area contributed by atoms with Crippen LogP contribution in [0.3, 0.4) is 0 Å². The lowest BCUT2D eigenvalue weighted by atomic mass is 10.1. The third kappa shape index (κ3) is 5.07. The molecule has 0 bridgehead atoms. The Bertz CT molecular complexity index is 258.